The predicted molar refractivity (Wildman–Crippen MR) is 86.6 cm³/mol. The van der Waals surface area contributed by atoms with Crippen LogP contribution >= 0.6 is 0 Å². The number of aromatic nitrogens is 2. The number of nitrogens with zero attached hydrogens (tertiary/aromatic N) is 3. The number of rotatable bonds is 5. The summed E-state index contributed by atoms with van der Waals surface area (Å²) in [7, 11) is 0. The number of fused-ring (bicyclic) bond motifs is 1. The van der Waals surface area contributed by atoms with Crippen LogP contribution in [0.2, 0.25) is 0 Å². The van der Waals surface area contributed by atoms with E-state index in [1.54, 1.807) is 15.6 Å². The van der Waals surface area contributed by atoms with E-state index < -0.39 is 0 Å². The molecule has 1 aliphatic rings. The van der Waals surface area contributed by atoms with E-state index in [2.05, 4.69) is 24.3 Å². The molecule has 0 radical (unpaired) electrons. The van der Waals surface area contributed by atoms with Gasteiger partial charge in [-0.1, -0.05) is 19.9 Å². The second kappa shape index (κ2) is 6.40. The van der Waals surface area contributed by atoms with Gasteiger partial charge in [0.25, 0.3) is 0 Å². The van der Waals surface area contributed by atoms with E-state index in [1.165, 1.54) is 0 Å². The van der Waals surface area contributed by atoms with Gasteiger partial charge in [-0.25, -0.2) is 4.52 Å². The molecule has 0 spiro atoms. The van der Waals surface area contributed by atoms with Crippen LogP contribution < -0.4 is 5.32 Å². The lowest BCUT2D eigenvalue weighted by molar-refractivity contribution is -0.129. The average molecular weight is 314 g/mol. The van der Waals surface area contributed by atoms with Crippen molar-refractivity contribution in [3.63, 3.8) is 0 Å². The van der Waals surface area contributed by atoms with Crippen molar-refractivity contribution in [1.82, 2.24) is 19.8 Å². The lowest BCUT2D eigenvalue weighted by Gasteiger charge is -2.18. The lowest BCUT2D eigenvalue weighted by Crippen LogP contribution is -2.33. The summed E-state index contributed by atoms with van der Waals surface area (Å²) in [6.07, 6.45) is 3.95. The van der Waals surface area contributed by atoms with E-state index in [0.717, 1.165) is 17.6 Å². The number of nitrogens with one attached hydrogen (secondary N) is 1. The van der Waals surface area contributed by atoms with Gasteiger partial charge in [0, 0.05) is 37.8 Å². The van der Waals surface area contributed by atoms with Crippen LogP contribution in [0.15, 0.2) is 30.6 Å². The zero-order chi connectivity index (χ0) is 16.4. The first-order valence-electron chi connectivity index (χ1n) is 8.01. The van der Waals surface area contributed by atoms with Crippen molar-refractivity contribution in [2.75, 3.05) is 13.1 Å². The van der Waals surface area contributed by atoms with Crippen LogP contribution in [0, 0.1) is 11.8 Å². The monoisotopic (exact) mass is 314 g/mol. The predicted octanol–water partition coefficient (Wildman–Crippen LogP) is 1.45. The molecule has 2 aromatic rings. The van der Waals surface area contributed by atoms with Gasteiger partial charge in [0.15, 0.2) is 0 Å². The van der Waals surface area contributed by atoms with Crippen molar-refractivity contribution < 1.29 is 9.59 Å². The number of hydrogen-bond acceptors (Lipinski definition) is 3. The summed E-state index contributed by atoms with van der Waals surface area (Å²) in [5.41, 5.74) is 1.96. The third-order valence-corrected chi connectivity index (χ3v) is 4.13. The molecule has 3 heterocycles. The second-order valence-corrected chi connectivity index (χ2v) is 6.51. The largest absolute Gasteiger partial charge is 0.352 e. The summed E-state index contributed by atoms with van der Waals surface area (Å²) in [5, 5.41) is 7.20. The molecule has 6 heteroatoms. The van der Waals surface area contributed by atoms with Crippen LogP contribution in [0.3, 0.4) is 0 Å². The fraction of sp³-hybridized carbons (Fsp3) is 0.471. The fourth-order valence-electron chi connectivity index (χ4n) is 3.02. The molecule has 2 amide bonds. The Hall–Kier alpha value is -2.37. The second-order valence-electron chi connectivity index (χ2n) is 6.51. The highest BCUT2D eigenvalue weighted by atomic mass is 16.2. The first-order valence-corrected chi connectivity index (χ1v) is 8.01. The van der Waals surface area contributed by atoms with Gasteiger partial charge in [0.2, 0.25) is 11.8 Å². The number of amides is 2. The Bertz CT molecular complexity index is 722. The van der Waals surface area contributed by atoms with Crippen molar-refractivity contribution in [3.05, 3.63) is 36.2 Å². The molecule has 2 aromatic heterocycles. The van der Waals surface area contributed by atoms with Gasteiger partial charge in [0.1, 0.15) is 0 Å². The molecule has 0 saturated carbocycles. The van der Waals surface area contributed by atoms with Gasteiger partial charge in [-0.2, -0.15) is 5.10 Å². The van der Waals surface area contributed by atoms with Crippen molar-refractivity contribution in [1.29, 1.82) is 0 Å². The van der Waals surface area contributed by atoms with Gasteiger partial charge >= 0.3 is 0 Å². The third-order valence-electron chi connectivity index (χ3n) is 4.13. The molecule has 6 nitrogen and oxygen atoms in total. The van der Waals surface area contributed by atoms with Crippen molar-refractivity contribution in [2.45, 2.75) is 26.8 Å². The van der Waals surface area contributed by atoms with Crippen LogP contribution in [-0.4, -0.2) is 39.4 Å². The molecule has 0 aromatic carbocycles. The SMILES string of the molecule is CC(C)CN1C[C@H](C(=O)NCc2cnn3ccccc23)CC1=O. The molecule has 1 aliphatic heterocycles. The number of carbonyl (C=O) groups is 2. The molecule has 1 atom stereocenters. The highest BCUT2D eigenvalue weighted by Gasteiger charge is 2.34. The topological polar surface area (TPSA) is 66.7 Å². The molecule has 1 fully saturated rings. The Morgan fingerprint density at radius 2 is 2.26 bits per heavy atom. The molecular formula is C17H22N4O2. The van der Waals surface area contributed by atoms with E-state index in [0.29, 0.717) is 25.4 Å². The van der Waals surface area contributed by atoms with Crippen LogP contribution in [0.5, 0.6) is 0 Å². The summed E-state index contributed by atoms with van der Waals surface area (Å²) in [6.45, 7) is 5.83. The number of hydrogen-bond donors (Lipinski definition) is 1. The van der Waals surface area contributed by atoms with Gasteiger partial charge in [-0.05, 0) is 18.1 Å². The number of pyridine rings is 1. The van der Waals surface area contributed by atoms with E-state index in [9.17, 15) is 9.59 Å². The fourth-order valence-corrected chi connectivity index (χ4v) is 3.02. The molecule has 1 N–H and O–H groups in total. The maximum atomic E-state index is 12.3. The minimum absolute atomic E-state index is 0.0557. The minimum Gasteiger partial charge on any atom is -0.352 e. The van der Waals surface area contributed by atoms with Crippen LogP contribution in [-0.2, 0) is 16.1 Å². The quantitative estimate of drug-likeness (QED) is 0.908. The smallest absolute Gasteiger partial charge is 0.225 e. The standard InChI is InChI=1S/C17H22N4O2/c1-12(2)10-20-11-13(7-16(20)22)17(23)18-8-14-9-19-21-6-4-3-5-15(14)21/h3-6,9,12-13H,7-8,10-11H2,1-2H3,(H,18,23)/t13-/m1/s1. The maximum Gasteiger partial charge on any atom is 0.225 e. The lowest BCUT2D eigenvalue weighted by atomic mass is 10.1. The Morgan fingerprint density at radius 1 is 1.43 bits per heavy atom. The van der Waals surface area contributed by atoms with Crippen LogP contribution in [0.4, 0.5) is 0 Å². The Morgan fingerprint density at radius 3 is 3.04 bits per heavy atom. The highest BCUT2D eigenvalue weighted by molar-refractivity contribution is 5.89. The third kappa shape index (κ3) is 3.36. The molecule has 122 valence electrons. The van der Waals surface area contributed by atoms with Crippen molar-refractivity contribution in [2.24, 2.45) is 11.8 Å². The normalized spacial score (nSPS) is 18.1. The summed E-state index contributed by atoms with van der Waals surface area (Å²) in [5.74, 6) is 0.192. The highest BCUT2D eigenvalue weighted by Crippen LogP contribution is 2.19. The maximum absolute atomic E-state index is 12.3. The van der Waals surface area contributed by atoms with E-state index >= 15 is 0 Å². The van der Waals surface area contributed by atoms with Crippen molar-refractivity contribution >= 4 is 17.3 Å². The Kier molecular flexibility index (Phi) is 4.32. The number of carbonyl (C=O) groups excluding carboxylic acids is 2. The average Bonchev–Trinajstić information content (AvgIpc) is 3.09. The van der Waals surface area contributed by atoms with E-state index in [4.69, 9.17) is 0 Å². The Labute approximate surface area is 135 Å². The zero-order valence-corrected chi connectivity index (χ0v) is 13.5. The van der Waals surface area contributed by atoms with E-state index in [-0.39, 0.29) is 17.7 Å². The molecule has 1 saturated heterocycles. The minimum atomic E-state index is -0.247. The molecular weight excluding hydrogens is 292 g/mol. The summed E-state index contributed by atoms with van der Waals surface area (Å²) in [6, 6.07) is 5.83. The first-order chi connectivity index (χ1) is 11.0. The van der Waals surface area contributed by atoms with E-state index in [1.807, 2.05) is 24.4 Å². The van der Waals surface area contributed by atoms with Crippen molar-refractivity contribution in [3.8, 4) is 0 Å². The molecule has 23 heavy (non-hydrogen) atoms. The molecule has 0 unspecified atom stereocenters. The van der Waals surface area contributed by atoms with Gasteiger partial charge < -0.3 is 10.2 Å². The first kappa shape index (κ1) is 15.5. The summed E-state index contributed by atoms with van der Waals surface area (Å²) < 4.78 is 1.78. The van der Waals surface area contributed by atoms with Gasteiger partial charge in [-0.15, -0.1) is 0 Å². The zero-order valence-electron chi connectivity index (χ0n) is 13.5. The number of likely N-dealkylation sites (tertiary alicyclic amines) is 1. The molecule has 0 bridgehead atoms. The van der Waals surface area contributed by atoms with Gasteiger partial charge in [-0.3, -0.25) is 9.59 Å². The van der Waals surface area contributed by atoms with Crippen LogP contribution in [0.25, 0.3) is 5.52 Å². The molecule has 3 rings (SSSR count). The molecule has 0 aliphatic carbocycles. The van der Waals surface area contributed by atoms with Crippen LogP contribution in [0.1, 0.15) is 25.8 Å². The summed E-state index contributed by atoms with van der Waals surface area (Å²) in [4.78, 5) is 26.1. The van der Waals surface area contributed by atoms with Gasteiger partial charge in [0.05, 0.1) is 17.6 Å². The Balaban J connectivity index is 1.59. The summed E-state index contributed by atoms with van der Waals surface area (Å²) >= 11 is 0.